The average molecular weight is 419 g/mol. The van der Waals surface area contributed by atoms with Gasteiger partial charge in [-0.2, -0.15) is 0 Å². The predicted octanol–water partition coefficient (Wildman–Crippen LogP) is 4.79. The highest BCUT2D eigenvalue weighted by Gasteiger charge is 2.75. The second-order valence-corrected chi connectivity index (χ2v) is 21.9. The van der Waals surface area contributed by atoms with Gasteiger partial charge >= 0.3 is 11.9 Å². The topological polar surface area (TPSA) is 52.6 Å². The largest absolute Gasteiger partial charge is 0.466 e. The molecule has 154 valence electrons. The maximum absolute atomic E-state index is 13.3. The zero-order valence-corrected chi connectivity index (χ0v) is 20.6. The molecule has 0 unspecified atom stereocenters. The molecule has 0 heterocycles. The van der Waals surface area contributed by atoms with Crippen molar-refractivity contribution in [1.29, 1.82) is 0 Å². The van der Waals surface area contributed by atoms with E-state index in [1.165, 1.54) is 33.5 Å². The molecule has 4 rings (SSSR count). The zero-order chi connectivity index (χ0) is 20.8. The molecule has 0 N–H and O–H groups in total. The molecule has 0 amide bonds. The smallest absolute Gasteiger partial charge is 0.334 e. The minimum Gasteiger partial charge on any atom is -0.466 e. The summed E-state index contributed by atoms with van der Waals surface area (Å²) in [5.41, 5.74) is 4.82. The van der Waals surface area contributed by atoms with Crippen LogP contribution in [0.3, 0.4) is 0 Å². The highest BCUT2D eigenvalue weighted by Crippen LogP contribution is 2.82. The lowest BCUT2D eigenvalue weighted by molar-refractivity contribution is -0.139. The van der Waals surface area contributed by atoms with E-state index in [1.807, 2.05) is 0 Å². The molecular formula is C22H34O4Si2. The van der Waals surface area contributed by atoms with Gasteiger partial charge < -0.3 is 9.47 Å². The third-order valence-electron chi connectivity index (χ3n) is 8.04. The molecule has 0 aromatic rings. The summed E-state index contributed by atoms with van der Waals surface area (Å²) >= 11 is 0. The van der Waals surface area contributed by atoms with Gasteiger partial charge in [0.05, 0.1) is 33.4 Å². The number of rotatable bonds is 4. The minimum atomic E-state index is -1.96. The fourth-order valence-electron chi connectivity index (χ4n) is 7.64. The van der Waals surface area contributed by atoms with Crippen LogP contribution in [0.25, 0.3) is 0 Å². The van der Waals surface area contributed by atoms with Crippen molar-refractivity contribution in [2.24, 2.45) is 17.8 Å². The van der Waals surface area contributed by atoms with Crippen LogP contribution in [-0.2, 0) is 19.1 Å². The van der Waals surface area contributed by atoms with Gasteiger partial charge in [-0.3, -0.25) is 0 Å². The Balaban J connectivity index is 2.11. The number of hydrogen-bond donors (Lipinski definition) is 0. The summed E-state index contributed by atoms with van der Waals surface area (Å²) in [5.74, 6) is 0.645. The quantitative estimate of drug-likeness (QED) is 0.285. The van der Waals surface area contributed by atoms with E-state index in [2.05, 4.69) is 39.3 Å². The van der Waals surface area contributed by atoms with Crippen molar-refractivity contribution >= 4 is 28.1 Å². The average Bonchev–Trinajstić information content (AvgIpc) is 3.32. The van der Waals surface area contributed by atoms with Crippen molar-refractivity contribution in [2.75, 3.05) is 14.2 Å². The fourth-order valence-corrected chi connectivity index (χ4v) is 16.4. The highest BCUT2D eigenvalue weighted by molar-refractivity contribution is 6.87. The monoisotopic (exact) mass is 418 g/mol. The number of methoxy groups -OCH3 is 2. The van der Waals surface area contributed by atoms with Gasteiger partial charge in [0.2, 0.25) is 0 Å². The molecule has 1 saturated carbocycles. The van der Waals surface area contributed by atoms with E-state index in [0.29, 0.717) is 28.5 Å². The SMILES string of the molecule is COC(=O)C1=C(C(=O)OC)[C@@]2([Si](C)(C)C)C3=C([C@H]4CC[C@H]3C4)[C@H]1[C@H]2[Si](C)(C)C. The second kappa shape index (κ2) is 5.94. The molecular weight excluding hydrogens is 384 g/mol. The molecule has 4 bridgehead atoms. The first-order valence-electron chi connectivity index (χ1n) is 10.6. The Kier molecular flexibility index (Phi) is 4.27. The summed E-state index contributed by atoms with van der Waals surface area (Å²) < 4.78 is 10.6. The minimum absolute atomic E-state index is 0.0743. The number of fused-ring (bicyclic) bond motifs is 8. The molecule has 0 aromatic carbocycles. The Morgan fingerprint density at radius 1 is 0.929 bits per heavy atom. The third kappa shape index (κ3) is 2.16. The van der Waals surface area contributed by atoms with Crippen molar-refractivity contribution < 1.29 is 19.1 Å². The normalized spacial score (nSPS) is 36.3. The summed E-state index contributed by atoms with van der Waals surface area (Å²) in [6.07, 6.45) is 3.69. The molecule has 0 aromatic heterocycles. The molecule has 0 aliphatic heterocycles. The van der Waals surface area contributed by atoms with E-state index in [4.69, 9.17) is 9.47 Å². The number of carbonyl (C=O) groups is 2. The Bertz CT molecular complexity index is 826. The Morgan fingerprint density at radius 2 is 1.50 bits per heavy atom. The summed E-state index contributed by atoms with van der Waals surface area (Å²) in [5, 5.41) is -0.270. The third-order valence-corrected chi connectivity index (χ3v) is 14.2. The van der Waals surface area contributed by atoms with Crippen LogP contribution in [0.4, 0.5) is 0 Å². The van der Waals surface area contributed by atoms with Crippen LogP contribution in [0, 0.1) is 17.8 Å². The van der Waals surface area contributed by atoms with Gasteiger partial charge in [-0.25, -0.2) is 9.59 Å². The fraction of sp³-hybridized carbons (Fsp3) is 0.727. The number of carbonyl (C=O) groups excluding carboxylic acids is 2. The van der Waals surface area contributed by atoms with Gasteiger partial charge in [-0.15, -0.1) is 0 Å². The van der Waals surface area contributed by atoms with Crippen LogP contribution in [-0.4, -0.2) is 42.3 Å². The Morgan fingerprint density at radius 3 is 2.00 bits per heavy atom. The Labute approximate surface area is 170 Å². The van der Waals surface area contributed by atoms with Crippen LogP contribution < -0.4 is 0 Å². The van der Waals surface area contributed by atoms with Gasteiger partial charge in [0.1, 0.15) is 0 Å². The molecule has 1 fully saturated rings. The number of ether oxygens (including phenoxy) is 2. The lowest BCUT2D eigenvalue weighted by Crippen LogP contribution is -2.50. The Hall–Kier alpha value is -1.15. The molecule has 6 heteroatoms. The van der Waals surface area contributed by atoms with Crippen LogP contribution in [0.5, 0.6) is 0 Å². The maximum atomic E-state index is 13.3. The van der Waals surface area contributed by atoms with Crippen molar-refractivity contribution in [2.45, 2.75) is 69.1 Å². The predicted molar refractivity (Wildman–Crippen MR) is 116 cm³/mol. The molecule has 5 atom stereocenters. The van der Waals surface area contributed by atoms with Gasteiger partial charge in [0, 0.05) is 19.0 Å². The van der Waals surface area contributed by atoms with E-state index < -0.39 is 16.1 Å². The maximum Gasteiger partial charge on any atom is 0.334 e. The van der Waals surface area contributed by atoms with E-state index in [-0.39, 0.29) is 22.9 Å². The van der Waals surface area contributed by atoms with Gasteiger partial charge in [0.15, 0.2) is 0 Å². The van der Waals surface area contributed by atoms with Crippen molar-refractivity contribution in [3.63, 3.8) is 0 Å². The summed E-state index contributed by atoms with van der Waals surface area (Å²) in [6.45, 7) is 14.4. The molecule has 4 aliphatic carbocycles. The molecule has 28 heavy (non-hydrogen) atoms. The van der Waals surface area contributed by atoms with Crippen LogP contribution in [0.1, 0.15) is 19.3 Å². The molecule has 4 nitrogen and oxygen atoms in total. The van der Waals surface area contributed by atoms with Crippen LogP contribution in [0.2, 0.25) is 49.9 Å². The lowest BCUT2D eigenvalue weighted by atomic mass is 9.78. The zero-order valence-electron chi connectivity index (χ0n) is 18.6. The van der Waals surface area contributed by atoms with Crippen LogP contribution >= 0.6 is 0 Å². The van der Waals surface area contributed by atoms with E-state index in [0.717, 1.165) is 0 Å². The van der Waals surface area contributed by atoms with Crippen molar-refractivity contribution in [3.05, 3.63) is 22.3 Å². The first-order valence-corrected chi connectivity index (χ1v) is 17.7. The van der Waals surface area contributed by atoms with E-state index in [9.17, 15) is 9.59 Å². The summed E-state index contributed by atoms with van der Waals surface area (Å²) in [7, 11) is -0.800. The highest BCUT2D eigenvalue weighted by atomic mass is 28.3. The molecule has 0 spiro atoms. The first-order chi connectivity index (χ1) is 12.9. The molecule has 4 aliphatic rings. The van der Waals surface area contributed by atoms with Gasteiger partial charge in [0.25, 0.3) is 0 Å². The number of hydrogen-bond acceptors (Lipinski definition) is 4. The molecule has 0 radical (unpaired) electrons. The standard InChI is InChI=1S/C22H34O4Si2/c1-25-20(23)16-15-14-12-9-10-13(11-12)17(14)22(28(6,7)8,18(16)21(24)26-2)19(15)27(3,4)5/h12-13,15,19H,9-11H2,1-8H3/t12-,13-,15+,19+,22-/m0/s1. The second-order valence-electron chi connectivity index (χ2n) is 11.2. The summed E-state index contributed by atoms with van der Waals surface area (Å²) in [6, 6.07) is 0. The summed E-state index contributed by atoms with van der Waals surface area (Å²) in [4.78, 5) is 26.4. The lowest BCUT2D eigenvalue weighted by Gasteiger charge is -2.51. The van der Waals surface area contributed by atoms with Crippen molar-refractivity contribution in [1.82, 2.24) is 0 Å². The van der Waals surface area contributed by atoms with Crippen LogP contribution in [0.15, 0.2) is 22.3 Å². The first kappa shape index (κ1) is 20.1. The number of allylic oxidation sites excluding steroid dienone is 2. The van der Waals surface area contributed by atoms with E-state index in [1.54, 1.807) is 11.1 Å². The van der Waals surface area contributed by atoms with Crippen molar-refractivity contribution in [3.8, 4) is 0 Å². The van der Waals surface area contributed by atoms with E-state index >= 15 is 0 Å². The van der Waals surface area contributed by atoms with Gasteiger partial charge in [-0.05, 0) is 36.6 Å². The molecule has 0 saturated heterocycles. The van der Waals surface area contributed by atoms with Gasteiger partial charge in [-0.1, -0.05) is 50.4 Å². The number of esters is 2.